The number of alkyl halides is 1. The summed E-state index contributed by atoms with van der Waals surface area (Å²) in [5.41, 5.74) is 1.25. The zero-order valence-corrected chi connectivity index (χ0v) is 18.1. The van der Waals surface area contributed by atoms with Gasteiger partial charge in [-0.15, -0.1) is 10.2 Å². The standard InChI is InChI=1S/C23H19ClF3N5O/c24-19-18-22(15-7-4-8-16(26)20(15)27)30-32(12-17(33)31-10-9-14(25)11-31)23(18)29-28-21(19)13-5-2-1-3-6-13/h1-8,14,17,33H,9-12H2/t14-,17?/m1/s1. The van der Waals surface area contributed by atoms with Gasteiger partial charge in [0, 0.05) is 24.2 Å². The van der Waals surface area contributed by atoms with Crippen LogP contribution in [-0.4, -0.2) is 55.5 Å². The lowest BCUT2D eigenvalue weighted by Crippen LogP contribution is -2.37. The second kappa shape index (κ2) is 8.74. The Balaban J connectivity index is 1.67. The van der Waals surface area contributed by atoms with Crippen molar-refractivity contribution < 1.29 is 18.3 Å². The van der Waals surface area contributed by atoms with Gasteiger partial charge in [-0.25, -0.2) is 17.9 Å². The van der Waals surface area contributed by atoms with Crippen LogP contribution in [0.15, 0.2) is 48.5 Å². The quantitative estimate of drug-likeness (QED) is 0.464. The van der Waals surface area contributed by atoms with Gasteiger partial charge in [0.2, 0.25) is 0 Å². The van der Waals surface area contributed by atoms with E-state index in [0.717, 1.165) is 6.07 Å². The van der Waals surface area contributed by atoms with Crippen LogP contribution in [0, 0.1) is 11.6 Å². The van der Waals surface area contributed by atoms with Crippen LogP contribution >= 0.6 is 11.6 Å². The van der Waals surface area contributed by atoms with Crippen LogP contribution < -0.4 is 0 Å². The molecule has 1 fully saturated rings. The molecule has 1 aliphatic heterocycles. The number of hydrogen-bond acceptors (Lipinski definition) is 5. The SMILES string of the molecule is OC(Cn1nc(-c2cccc(F)c2F)c2c(Cl)c(-c3ccccc3)nnc21)N1CC[C@@H](F)C1. The third-order valence-corrected chi connectivity index (χ3v) is 6.14. The van der Waals surface area contributed by atoms with E-state index in [1.54, 1.807) is 17.0 Å². The molecule has 3 heterocycles. The largest absolute Gasteiger partial charge is 0.376 e. The van der Waals surface area contributed by atoms with Gasteiger partial charge in [0.1, 0.15) is 23.8 Å². The Morgan fingerprint density at radius 2 is 1.85 bits per heavy atom. The topological polar surface area (TPSA) is 67.1 Å². The molecule has 2 aromatic carbocycles. The highest BCUT2D eigenvalue weighted by Crippen LogP contribution is 2.38. The number of aliphatic hydroxyl groups is 1. The lowest BCUT2D eigenvalue weighted by atomic mass is 10.1. The zero-order chi connectivity index (χ0) is 23.1. The van der Waals surface area contributed by atoms with Gasteiger partial charge in [-0.05, 0) is 18.6 Å². The van der Waals surface area contributed by atoms with Crippen LogP contribution in [0.25, 0.3) is 33.5 Å². The van der Waals surface area contributed by atoms with Gasteiger partial charge in [0.15, 0.2) is 17.3 Å². The van der Waals surface area contributed by atoms with Crippen molar-refractivity contribution in [3.05, 3.63) is 65.2 Å². The monoisotopic (exact) mass is 473 g/mol. The van der Waals surface area contributed by atoms with Gasteiger partial charge < -0.3 is 5.11 Å². The predicted octanol–water partition coefficient (Wildman–Crippen LogP) is 4.45. The van der Waals surface area contributed by atoms with Crippen molar-refractivity contribution >= 4 is 22.6 Å². The molecule has 170 valence electrons. The molecule has 0 radical (unpaired) electrons. The van der Waals surface area contributed by atoms with E-state index in [-0.39, 0.29) is 40.4 Å². The number of fused-ring (bicyclic) bond motifs is 1. The Labute approximate surface area is 192 Å². The molecule has 1 saturated heterocycles. The molecule has 2 atom stereocenters. The summed E-state index contributed by atoms with van der Waals surface area (Å²) in [7, 11) is 0. The average Bonchev–Trinajstić information content (AvgIpc) is 3.41. The Morgan fingerprint density at radius 3 is 2.58 bits per heavy atom. The Morgan fingerprint density at radius 1 is 1.06 bits per heavy atom. The number of hydrogen-bond donors (Lipinski definition) is 1. The van der Waals surface area contributed by atoms with Gasteiger partial charge in [0.05, 0.1) is 17.0 Å². The highest BCUT2D eigenvalue weighted by Gasteiger charge is 2.29. The third kappa shape index (κ3) is 3.96. The van der Waals surface area contributed by atoms with E-state index in [0.29, 0.717) is 24.2 Å². The first-order valence-electron chi connectivity index (χ1n) is 10.4. The van der Waals surface area contributed by atoms with Crippen LogP contribution in [0.5, 0.6) is 0 Å². The number of aliphatic hydroxyl groups excluding tert-OH is 1. The molecular weight excluding hydrogens is 455 g/mol. The second-order valence-corrected chi connectivity index (χ2v) is 8.30. The van der Waals surface area contributed by atoms with E-state index in [9.17, 15) is 18.3 Å². The van der Waals surface area contributed by atoms with Crippen molar-refractivity contribution in [3.8, 4) is 22.5 Å². The van der Waals surface area contributed by atoms with E-state index >= 15 is 0 Å². The van der Waals surface area contributed by atoms with Gasteiger partial charge >= 0.3 is 0 Å². The molecule has 1 N–H and O–H groups in total. The summed E-state index contributed by atoms with van der Waals surface area (Å²) in [6, 6.07) is 12.9. The highest BCUT2D eigenvalue weighted by molar-refractivity contribution is 6.38. The summed E-state index contributed by atoms with van der Waals surface area (Å²) >= 11 is 6.72. The van der Waals surface area contributed by atoms with Crippen LogP contribution in [0.2, 0.25) is 5.02 Å². The Kier molecular flexibility index (Phi) is 5.77. The summed E-state index contributed by atoms with van der Waals surface area (Å²) in [5.74, 6) is -2.10. The van der Waals surface area contributed by atoms with Crippen LogP contribution in [0.1, 0.15) is 6.42 Å². The summed E-state index contributed by atoms with van der Waals surface area (Å²) in [6.07, 6.45) is -1.72. The van der Waals surface area contributed by atoms with Crippen LogP contribution in [-0.2, 0) is 6.54 Å². The first kappa shape index (κ1) is 21.8. The maximum absolute atomic E-state index is 14.7. The number of likely N-dealkylation sites (tertiary alicyclic amines) is 1. The Bertz CT molecular complexity index is 1320. The highest BCUT2D eigenvalue weighted by atomic mass is 35.5. The fourth-order valence-corrected chi connectivity index (χ4v) is 4.40. The summed E-state index contributed by atoms with van der Waals surface area (Å²) < 4.78 is 43.7. The lowest BCUT2D eigenvalue weighted by molar-refractivity contribution is 0.00196. The average molecular weight is 474 g/mol. The van der Waals surface area contributed by atoms with Crippen molar-refractivity contribution in [3.63, 3.8) is 0 Å². The third-order valence-electron chi connectivity index (χ3n) is 5.77. The maximum Gasteiger partial charge on any atom is 0.182 e. The van der Waals surface area contributed by atoms with E-state index in [1.165, 1.54) is 16.8 Å². The smallest absolute Gasteiger partial charge is 0.182 e. The molecule has 1 aliphatic rings. The number of benzene rings is 2. The fourth-order valence-electron chi connectivity index (χ4n) is 4.08. The number of rotatable bonds is 5. The van der Waals surface area contributed by atoms with Crippen molar-refractivity contribution in [1.29, 1.82) is 0 Å². The second-order valence-electron chi connectivity index (χ2n) is 7.92. The predicted molar refractivity (Wildman–Crippen MR) is 118 cm³/mol. The molecule has 4 aromatic rings. The van der Waals surface area contributed by atoms with E-state index < -0.39 is 24.0 Å². The molecule has 10 heteroatoms. The number of nitrogens with zero attached hydrogens (tertiary/aromatic N) is 5. The first-order valence-corrected chi connectivity index (χ1v) is 10.8. The Hall–Kier alpha value is -3.01. The van der Waals surface area contributed by atoms with E-state index in [4.69, 9.17) is 11.6 Å². The number of halogens is 4. The molecule has 1 unspecified atom stereocenters. The minimum atomic E-state index is -1.07. The molecule has 5 rings (SSSR count). The van der Waals surface area contributed by atoms with Crippen molar-refractivity contribution in [2.24, 2.45) is 0 Å². The maximum atomic E-state index is 14.7. The lowest BCUT2D eigenvalue weighted by Gasteiger charge is -2.22. The minimum absolute atomic E-state index is 0.0736. The summed E-state index contributed by atoms with van der Waals surface area (Å²) in [5, 5.41) is 24.0. The summed E-state index contributed by atoms with van der Waals surface area (Å²) in [6.45, 7) is 0.434. The van der Waals surface area contributed by atoms with Crippen molar-refractivity contribution in [2.45, 2.75) is 25.4 Å². The molecule has 6 nitrogen and oxygen atoms in total. The van der Waals surface area contributed by atoms with Gasteiger partial charge in [0.25, 0.3) is 0 Å². The molecule has 0 spiro atoms. The van der Waals surface area contributed by atoms with Gasteiger partial charge in [-0.1, -0.05) is 48.0 Å². The molecule has 0 amide bonds. The molecule has 0 aliphatic carbocycles. The van der Waals surface area contributed by atoms with E-state index in [2.05, 4.69) is 15.3 Å². The van der Waals surface area contributed by atoms with Gasteiger partial charge in [-0.2, -0.15) is 5.10 Å². The van der Waals surface area contributed by atoms with Crippen molar-refractivity contribution in [2.75, 3.05) is 13.1 Å². The number of aromatic nitrogens is 4. The van der Waals surface area contributed by atoms with Crippen LogP contribution in [0.3, 0.4) is 0 Å². The molecule has 0 bridgehead atoms. The normalized spacial score (nSPS) is 17.7. The van der Waals surface area contributed by atoms with Gasteiger partial charge in [-0.3, -0.25) is 4.90 Å². The molecule has 33 heavy (non-hydrogen) atoms. The molecule has 2 aromatic heterocycles. The minimum Gasteiger partial charge on any atom is -0.376 e. The zero-order valence-electron chi connectivity index (χ0n) is 17.3. The summed E-state index contributed by atoms with van der Waals surface area (Å²) in [4.78, 5) is 1.59. The molecular formula is C23H19ClF3N5O. The van der Waals surface area contributed by atoms with Crippen molar-refractivity contribution in [1.82, 2.24) is 24.9 Å². The first-order chi connectivity index (χ1) is 15.9. The molecule has 0 saturated carbocycles. The fraction of sp³-hybridized carbons (Fsp3) is 0.261. The van der Waals surface area contributed by atoms with E-state index in [1.807, 2.05) is 18.2 Å². The van der Waals surface area contributed by atoms with Crippen LogP contribution in [0.4, 0.5) is 13.2 Å².